The van der Waals surface area contributed by atoms with Crippen molar-refractivity contribution in [2.75, 3.05) is 13.1 Å². The lowest BCUT2D eigenvalue weighted by molar-refractivity contribution is -0.136. The van der Waals surface area contributed by atoms with Gasteiger partial charge >= 0.3 is 5.76 Å². The zero-order chi connectivity index (χ0) is 20.0. The summed E-state index contributed by atoms with van der Waals surface area (Å²) in [6, 6.07) is 10.2. The monoisotopic (exact) mass is 393 g/mol. The van der Waals surface area contributed by atoms with Gasteiger partial charge in [-0.05, 0) is 24.3 Å². The van der Waals surface area contributed by atoms with Crippen molar-refractivity contribution in [1.29, 1.82) is 0 Å². The summed E-state index contributed by atoms with van der Waals surface area (Å²) in [6.07, 6.45) is 1.52. The van der Waals surface area contributed by atoms with E-state index in [1.54, 1.807) is 41.3 Å². The topological polar surface area (TPSA) is 127 Å². The molecular weight excluding hydrogens is 378 g/mol. The summed E-state index contributed by atoms with van der Waals surface area (Å²) in [5.41, 5.74) is 1.04. The number of aromatic amines is 1. The minimum atomic E-state index is -0.564. The quantitative estimate of drug-likeness (QED) is 0.547. The van der Waals surface area contributed by atoms with E-state index in [1.807, 2.05) is 0 Å². The summed E-state index contributed by atoms with van der Waals surface area (Å²) in [4.78, 5) is 44.8. The van der Waals surface area contributed by atoms with Crippen LogP contribution in [-0.2, 0) is 11.3 Å². The first kappa shape index (κ1) is 17.2. The number of nitrogens with zero attached hydrogens (tertiary/aromatic N) is 4. The minimum absolute atomic E-state index is 0.100. The van der Waals surface area contributed by atoms with E-state index in [4.69, 9.17) is 8.94 Å². The van der Waals surface area contributed by atoms with Crippen molar-refractivity contribution in [3.8, 4) is 11.4 Å². The van der Waals surface area contributed by atoms with Crippen LogP contribution < -0.4 is 11.3 Å². The van der Waals surface area contributed by atoms with E-state index in [1.165, 1.54) is 10.8 Å². The number of fused-ring (bicyclic) bond motifs is 1. The van der Waals surface area contributed by atoms with Gasteiger partial charge in [-0.25, -0.2) is 4.79 Å². The molecule has 1 aromatic carbocycles. The maximum atomic E-state index is 12.5. The van der Waals surface area contributed by atoms with E-state index in [0.29, 0.717) is 35.6 Å². The fraction of sp³-hybridized carbons (Fsp3) is 0.211. The molecule has 1 amide bonds. The van der Waals surface area contributed by atoms with Crippen LogP contribution in [-0.4, -0.2) is 43.6 Å². The van der Waals surface area contributed by atoms with Crippen LogP contribution in [0.5, 0.6) is 0 Å². The molecular formula is C19H15N5O5. The number of oxazole rings is 1. The third-order valence-electron chi connectivity index (χ3n) is 4.95. The summed E-state index contributed by atoms with van der Waals surface area (Å²) in [5.74, 6) is -0.289. The maximum Gasteiger partial charge on any atom is 0.420 e. The van der Waals surface area contributed by atoms with Crippen LogP contribution in [0, 0.1) is 0 Å². The number of pyridine rings is 1. The van der Waals surface area contributed by atoms with Crippen molar-refractivity contribution >= 4 is 17.0 Å². The molecule has 0 spiro atoms. The molecule has 146 valence electrons. The number of amides is 1. The van der Waals surface area contributed by atoms with Crippen molar-refractivity contribution in [3.63, 3.8) is 0 Å². The number of nitrogens with one attached hydrogen (secondary N) is 1. The summed E-state index contributed by atoms with van der Waals surface area (Å²) in [7, 11) is 0. The Morgan fingerprint density at radius 3 is 2.83 bits per heavy atom. The van der Waals surface area contributed by atoms with E-state index < -0.39 is 5.76 Å². The summed E-state index contributed by atoms with van der Waals surface area (Å²) >= 11 is 0. The van der Waals surface area contributed by atoms with Crippen molar-refractivity contribution in [2.45, 2.75) is 12.5 Å². The first-order valence-corrected chi connectivity index (χ1v) is 8.98. The van der Waals surface area contributed by atoms with Gasteiger partial charge in [-0.2, -0.15) is 4.98 Å². The minimum Gasteiger partial charge on any atom is -0.408 e. The summed E-state index contributed by atoms with van der Waals surface area (Å²) in [5, 5.41) is 3.86. The molecule has 0 saturated carbocycles. The largest absolute Gasteiger partial charge is 0.420 e. The van der Waals surface area contributed by atoms with Gasteiger partial charge in [-0.3, -0.25) is 14.2 Å². The van der Waals surface area contributed by atoms with Gasteiger partial charge in [0.1, 0.15) is 6.54 Å². The molecule has 0 bridgehead atoms. The molecule has 1 fully saturated rings. The Kier molecular flexibility index (Phi) is 3.90. The molecule has 3 aromatic heterocycles. The van der Waals surface area contributed by atoms with Gasteiger partial charge in [-0.1, -0.05) is 17.3 Å². The van der Waals surface area contributed by atoms with Crippen LogP contribution in [0.15, 0.2) is 61.1 Å². The molecule has 29 heavy (non-hydrogen) atoms. The highest BCUT2D eigenvalue weighted by atomic mass is 16.5. The van der Waals surface area contributed by atoms with Crippen LogP contribution in [0.2, 0.25) is 0 Å². The van der Waals surface area contributed by atoms with Gasteiger partial charge in [0.15, 0.2) is 5.58 Å². The molecule has 10 heteroatoms. The van der Waals surface area contributed by atoms with Crippen molar-refractivity contribution in [3.05, 3.63) is 69.4 Å². The van der Waals surface area contributed by atoms with E-state index in [9.17, 15) is 14.4 Å². The number of para-hydroxylation sites is 2. The lowest BCUT2D eigenvalue weighted by Gasteiger charge is -2.37. The zero-order valence-electron chi connectivity index (χ0n) is 15.1. The highest BCUT2D eigenvalue weighted by molar-refractivity contribution is 5.80. The van der Waals surface area contributed by atoms with Crippen LogP contribution in [0.1, 0.15) is 11.8 Å². The molecule has 0 unspecified atom stereocenters. The Morgan fingerprint density at radius 2 is 2.00 bits per heavy atom. The number of hydrogen-bond acceptors (Lipinski definition) is 7. The Balaban J connectivity index is 1.27. The van der Waals surface area contributed by atoms with Crippen LogP contribution >= 0.6 is 0 Å². The fourth-order valence-electron chi connectivity index (χ4n) is 3.35. The number of rotatable bonds is 4. The molecule has 1 N–H and O–H groups in total. The van der Waals surface area contributed by atoms with Gasteiger partial charge in [-0.15, -0.1) is 0 Å². The molecule has 10 nitrogen and oxygen atoms in total. The third kappa shape index (κ3) is 2.94. The Hall–Kier alpha value is -3.95. The average molecular weight is 393 g/mol. The van der Waals surface area contributed by atoms with Crippen LogP contribution in [0.3, 0.4) is 0 Å². The van der Waals surface area contributed by atoms with Crippen molar-refractivity contribution in [1.82, 2.24) is 24.6 Å². The summed E-state index contributed by atoms with van der Waals surface area (Å²) in [6.45, 7) is 0.698. The molecule has 4 heterocycles. The van der Waals surface area contributed by atoms with E-state index in [-0.39, 0.29) is 29.8 Å². The second-order valence-corrected chi connectivity index (χ2v) is 6.79. The van der Waals surface area contributed by atoms with Crippen molar-refractivity contribution in [2.24, 2.45) is 0 Å². The third-order valence-corrected chi connectivity index (χ3v) is 4.95. The number of carbonyl (C=O) groups is 1. The second kappa shape index (κ2) is 6.59. The highest BCUT2D eigenvalue weighted by Gasteiger charge is 2.36. The molecule has 0 radical (unpaired) electrons. The molecule has 4 aromatic rings. The van der Waals surface area contributed by atoms with Gasteiger partial charge < -0.3 is 18.8 Å². The average Bonchev–Trinajstić information content (AvgIpc) is 3.26. The van der Waals surface area contributed by atoms with Gasteiger partial charge in [0.05, 0.1) is 17.0 Å². The van der Waals surface area contributed by atoms with Gasteiger partial charge in [0, 0.05) is 19.3 Å². The smallest absolute Gasteiger partial charge is 0.408 e. The SMILES string of the molecule is O=C(Cn1c(=O)oc2ccccc21)N1CC(c2nc(-c3ccc[nH]c3=O)no2)C1. The van der Waals surface area contributed by atoms with E-state index in [2.05, 4.69) is 15.1 Å². The first-order chi connectivity index (χ1) is 14.1. The van der Waals surface area contributed by atoms with Gasteiger partial charge in [0.25, 0.3) is 5.56 Å². The fourth-order valence-corrected chi connectivity index (χ4v) is 3.35. The standard InChI is InChI=1S/C19H15N5O5/c25-15(10-24-13-5-1-2-6-14(13)28-19(24)27)23-8-11(9-23)18-21-16(22-29-18)12-4-3-7-20-17(12)26/h1-7,11H,8-10H2,(H,20,26). The van der Waals surface area contributed by atoms with Crippen LogP contribution in [0.4, 0.5) is 0 Å². The number of H-pyrrole nitrogens is 1. The number of benzene rings is 1. The predicted octanol–water partition coefficient (Wildman–Crippen LogP) is 0.959. The zero-order valence-corrected chi connectivity index (χ0v) is 15.1. The first-order valence-electron chi connectivity index (χ1n) is 8.98. The van der Waals surface area contributed by atoms with Crippen molar-refractivity contribution < 1.29 is 13.7 Å². The van der Waals surface area contributed by atoms with E-state index >= 15 is 0 Å². The van der Waals surface area contributed by atoms with Gasteiger partial charge in [0.2, 0.25) is 17.6 Å². The molecule has 1 aliphatic heterocycles. The normalized spacial score (nSPS) is 14.3. The molecule has 5 rings (SSSR count). The Labute approximate surface area is 162 Å². The number of aromatic nitrogens is 4. The highest BCUT2D eigenvalue weighted by Crippen LogP contribution is 2.27. The number of hydrogen-bond donors (Lipinski definition) is 1. The molecule has 1 aliphatic rings. The predicted molar refractivity (Wildman–Crippen MR) is 100 cm³/mol. The Bertz CT molecular complexity index is 1320. The second-order valence-electron chi connectivity index (χ2n) is 6.79. The lowest BCUT2D eigenvalue weighted by atomic mass is 10.00. The van der Waals surface area contributed by atoms with Crippen LogP contribution in [0.25, 0.3) is 22.5 Å². The lowest BCUT2D eigenvalue weighted by Crippen LogP contribution is -2.50. The number of likely N-dealkylation sites (tertiary alicyclic amines) is 1. The molecule has 1 saturated heterocycles. The maximum absolute atomic E-state index is 12.5. The van der Waals surface area contributed by atoms with E-state index in [0.717, 1.165) is 0 Å². The Morgan fingerprint density at radius 1 is 1.17 bits per heavy atom. The molecule has 0 atom stereocenters. The summed E-state index contributed by atoms with van der Waals surface area (Å²) < 4.78 is 11.7. The molecule has 0 aliphatic carbocycles. The number of carbonyl (C=O) groups excluding carboxylic acids is 1.